The predicted octanol–water partition coefficient (Wildman–Crippen LogP) is 3.78. The van der Waals surface area contributed by atoms with Crippen LogP contribution in [0.2, 0.25) is 0 Å². The molecule has 1 aliphatic rings. The average Bonchev–Trinajstić information content (AvgIpc) is 2.95. The van der Waals surface area contributed by atoms with Crippen molar-refractivity contribution in [2.75, 3.05) is 5.73 Å². The number of hydrogen-bond acceptors (Lipinski definition) is 5. The fraction of sp³-hybridized carbons (Fsp3) is 0.133. The summed E-state index contributed by atoms with van der Waals surface area (Å²) in [5, 5.41) is 1.08. The van der Waals surface area contributed by atoms with Crippen molar-refractivity contribution in [3.8, 4) is 11.5 Å². The number of hydrogen-bond donors (Lipinski definition) is 1. The Balaban J connectivity index is 1.94. The van der Waals surface area contributed by atoms with Gasteiger partial charge in [0.15, 0.2) is 5.82 Å². The topological polar surface area (TPSA) is 64.7 Å². The van der Waals surface area contributed by atoms with E-state index in [0.29, 0.717) is 11.6 Å². The largest absolute Gasteiger partial charge is 0.383 e. The zero-order valence-electron chi connectivity index (χ0n) is 11.0. The second-order valence-corrected chi connectivity index (χ2v) is 6.70. The molecule has 3 heterocycles. The second kappa shape index (κ2) is 4.96. The van der Waals surface area contributed by atoms with Gasteiger partial charge in [0.05, 0.1) is 11.2 Å². The molecule has 21 heavy (non-hydrogen) atoms. The van der Waals surface area contributed by atoms with Crippen LogP contribution in [0.15, 0.2) is 34.8 Å². The van der Waals surface area contributed by atoms with Crippen LogP contribution in [0, 0.1) is 0 Å². The van der Waals surface area contributed by atoms with Crippen LogP contribution in [0.5, 0.6) is 0 Å². The summed E-state index contributed by atoms with van der Waals surface area (Å²) in [4.78, 5) is 13.8. The molecule has 0 saturated heterocycles. The first-order valence-corrected chi connectivity index (χ1v) is 8.46. The maximum absolute atomic E-state index is 6.07. The van der Waals surface area contributed by atoms with Crippen molar-refractivity contribution in [3.05, 3.63) is 46.1 Å². The summed E-state index contributed by atoms with van der Waals surface area (Å²) in [7, 11) is 0. The van der Waals surface area contributed by atoms with Gasteiger partial charge in [-0.1, -0.05) is 18.2 Å². The SMILES string of the molecule is Nc1nc(-c2nc3ccccc3cc2Br)nc2c1CSC2. The lowest BCUT2D eigenvalue weighted by molar-refractivity contribution is 1.07. The van der Waals surface area contributed by atoms with Crippen LogP contribution >= 0.6 is 27.7 Å². The second-order valence-electron chi connectivity index (χ2n) is 4.86. The van der Waals surface area contributed by atoms with Gasteiger partial charge in [0.25, 0.3) is 0 Å². The van der Waals surface area contributed by atoms with E-state index in [2.05, 4.69) is 30.9 Å². The third-order valence-corrected chi connectivity index (χ3v) is 5.07. The smallest absolute Gasteiger partial charge is 0.181 e. The molecule has 0 fully saturated rings. The molecule has 0 unspecified atom stereocenters. The molecule has 0 spiro atoms. The monoisotopic (exact) mass is 358 g/mol. The van der Waals surface area contributed by atoms with Gasteiger partial charge in [-0.15, -0.1) is 0 Å². The first kappa shape index (κ1) is 13.0. The first-order chi connectivity index (χ1) is 10.2. The number of halogens is 1. The molecule has 4 rings (SSSR count). The molecule has 2 N–H and O–H groups in total. The molecule has 1 aromatic carbocycles. The van der Waals surface area contributed by atoms with Crippen LogP contribution < -0.4 is 5.73 Å². The minimum Gasteiger partial charge on any atom is -0.383 e. The first-order valence-electron chi connectivity index (χ1n) is 6.51. The minimum absolute atomic E-state index is 0.571. The standard InChI is InChI=1S/C15H11BrN4S/c16-10-5-8-3-1-2-4-11(8)18-13(10)15-19-12-7-21-6-9(12)14(17)20-15/h1-5H,6-7H2,(H2,17,19,20). The van der Waals surface area contributed by atoms with Gasteiger partial charge >= 0.3 is 0 Å². The third kappa shape index (κ3) is 2.18. The molecule has 3 aromatic rings. The number of nitrogen functional groups attached to an aromatic ring is 1. The molecular weight excluding hydrogens is 348 g/mol. The summed E-state index contributed by atoms with van der Waals surface area (Å²) in [6.07, 6.45) is 0. The van der Waals surface area contributed by atoms with Crippen LogP contribution in [0.4, 0.5) is 5.82 Å². The minimum atomic E-state index is 0.571. The van der Waals surface area contributed by atoms with Crippen LogP contribution in [0.25, 0.3) is 22.4 Å². The van der Waals surface area contributed by atoms with Crippen molar-refractivity contribution in [2.45, 2.75) is 11.5 Å². The van der Waals surface area contributed by atoms with Gasteiger partial charge in [-0.05, 0) is 28.1 Å². The maximum atomic E-state index is 6.07. The Labute approximate surface area is 134 Å². The molecule has 4 nitrogen and oxygen atoms in total. The summed E-state index contributed by atoms with van der Waals surface area (Å²) >= 11 is 5.38. The molecular formula is C15H11BrN4S. The normalized spacial score (nSPS) is 13.6. The zero-order valence-corrected chi connectivity index (χ0v) is 13.4. The van der Waals surface area contributed by atoms with Crippen molar-refractivity contribution >= 4 is 44.4 Å². The van der Waals surface area contributed by atoms with E-state index in [-0.39, 0.29) is 0 Å². The van der Waals surface area contributed by atoms with E-state index < -0.39 is 0 Å². The van der Waals surface area contributed by atoms with Crippen molar-refractivity contribution in [1.82, 2.24) is 15.0 Å². The molecule has 2 aromatic heterocycles. The van der Waals surface area contributed by atoms with Gasteiger partial charge in [-0.2, -0.15) is 11.8 Å². The number of nitrogens with two attached hydrogens (primary N) is 1. The Morgan fingerprint density at radius 1 is 1.10 bits per heavy atom. The molecule has 0 radical (unpaired) electrons. The van der Waals surface area contributed by atoms with E-state index in [0.717, 1.165) is 43.8 Å². The quantitative estimate of drug-likeness (QED) is 0.716. The lowest BCUT2D eigenvalue weighted by Crippen LogP contribution is -2.04. The van der Waals surface area contributed by atoms with Crippen LogP contribution in [0.1, 0.15) is 11.3 Å². The molecule has 0 aliphatic carbocycles. The summed E-state index contributed by atoms with van der Waals surface area (Å²) in [6, 6.07) is 10.0. The Kier molecular flexibility index (Phi) is 3.08. The van der Waals surface area contributed by atoms with Gasteiger partial charge < -0.3 is 5.73 Å². The van der Waals surface area contributed by atoms with Crippen molar-refractivity contribution in [2.24, 2.45) is 0 Å². The maximum Gasteiger partial charge on any atom is 0.181 e. The van der Waals surface area contributed by atoms with Gasteiger partial charge in [-0.25, -0.2) is 15.0 Å². The number of para-hydroxylation sites is 1. The summed E-state index contributed by atoms with van der Waals surface area (Å²) < 4.78 is 0.881. The molecule has 104 valence electrons. The summed E-state index contributed by atoms with van der Waals surface area (Å²) in [5.74, 6) is 2.95. The molecule has 1 aliphatic heterocycles. The fourth-order valence-electron chi connectivity index (χ4n) is 2.43. The van der Waals surface area contributed by atoms with Gasteiger partial charge in [0.1, 0.15) is 11.5 Å². The van der Waals surface area contributed by atoms with E-state index in [4.69, 9.17) is 5.73 Å². The van der Waals surface area contributed by atoms with Gasteiger partial charge in [0, 0.05) is 26.9 Å². The number of pyridine rings is 1. The zero-order chi connectivity index (χ0) is 14.4. The highest BCUT2D eigenvalue weighted by Crippen LogP contribution is 2.34. The highest BCUT2D eigenvalue weighted by atomic mass is 79.9. The number of aromatic nitrogens is 3. The number of benzene rings is 1. The lowest BCUT2D eigenvalue weighted by atomic mass is 10.2. The van der Waals surface area contributed by atoms with E-state index >= 15 is 0 Å². The van der Waals surface area contributed by atoms with Crippen molar-refractivity contribution in [3.63, 3.8) is 0 Å². The number of fused-ring (bicyclic) bond motifs is 2. The summed E-state index contributed by atoms with van der Waals surface area (Å²) in [6.45, 7) is 0. The van der Waals surface area contributed by atoms with Crippen LogP contribution in [-0.2, 0) is 11.5 Å². The van der Waals surface area contributed by atoms with Crippen LogP contribution in [0.3, 0.4) is 0 Å². The fourth-order valence-corrected chi connectivity index (χ4v) is 3.99. The predicted molar refractivity (Wildman–Crippen MR) is 89.9 cm³/mol. The highest BCUT2D eigenvalue weighted by Gasteiger charge is 2.20. The number of anilines is 1. The Morgan fingerprint density at radius 2 is 1.95 bits per heavy atom. The number of nitrogens with zero attached hydrogens (tertiary/aromatic N) is 3. The molecule has 0 amide bonds. The molecule has 0 atom stereocenters. The Morgan fingerprint density at radius 3 is 2.86 bits per heavy atom. The number of thioether (sulfide) groups is 1. The molecule has 0 saturated carbocycles. The van der Waals surface area contributed by atoms with E-state index in [1.807, 2.05) is 42.1 Å². The Bertz CT molecular complexity index is 866. The lowest BCUT2D eigenvalue weighted by Gasteiger charge is -2.08. The van der Waals surface area contributed by atoms with Crippen molar-refractivity contribution in [1.29, 1.82) is 0 Å². The average molecular weight is 359 g/mol. The third-order valence-electron chi connectivity index (χ3n) is 3.50. The van der Waals surface area contributed by atoms with E-state index in [1.54, 1.807) is 0 Å². The van der Waals surface area contributed by atoms with E-state index in [1.165, 1.54) is 0 Å². The molecule has 6 heteroatoms. The summed E-state index contributed by atoms with van der Waals surface area (Å²) in [5.41, 5.74) is 9.83. The van der Waals surface area contributed by atoms with Gasteiger partial charge in [-0.3, -0.25) is 0 Å². The highest BCUT2D eigenvalue weighted by molar-refractivity contribution is 9.10. The van der Waals surface area contributed by atoms with E-state index in [9.17, 15) is 0 Å². The van der Waals surface area contributed by atoms with Gasteiger partial charge in [0.2, 0.25) is 0 Å². The van der Waals surface area contributed by atoms with Crippen LogP contribution in [-0.4, -0.2) is 15.0 Å². The molecule has 0 bridgehead atoms. The van der Waals surface area contributed by atoms with Crippen molar-refractivity contribution < 1.29 is 0 Å². The Hall–Kier alpha value is -1.66. The number of rotatable bonds is 1.